The third-order valence-electron chi connectivity index (χ3n) is 3.83. The number of carbonyl (C=O) groups excluding carboxylic acids is 2. The van der Waals surface area contributed by atoms with Gasteiger partial charge in [-0.15, -0.1) is 11.8 Å². The molecule has 0 bridgehead atoms. The highest BCUT2D eigenvalue weighted by molar-refractivity contribution is 7.99. The van der Waals surface area contributed by atoms with Gasteiger partial charge in [-0.25, -0.2) is 4.79 Å². The Hall–Kier alpha value is -2.27. The monoisotopic (exact) mass is 371 g/mol. The molecular formula is C21H25NO3S. The Morgan fingerprint density at radius 2 is 1.77 bits per heavy atom. The first kappa shape index (κ1) is 20.0. The van der Waals surface area contributed by atoms with Crippen molar-refractivity contribution < 1.29 is 14.3 Å². The summed E-state index contributed by atoms with van der Waals surface area (Å²) in [5.74, 6) is 0.408. The van der Waals surface area contributed by atoms with E-state index in [-0.39, 0.29) is 17.1 Å². The lowest BCUT2D eigenvalue weighted by atomic mass is 10.2. The van der Waals surface area contributed by atoms with E-state index in [1.165, 1.54) is 5.56 Å². The van der Waals surface area contributed by atoms with E-state index < -0.39 is 0 Å². The number of carbonyl (C=O) groups is 2. The van der Waals surface area contributed by atoms with Gasteiger partial charge < -0.3 is 10.1 Å². The largest absolute Gasteiger partial charge is 0.462 e. The van der Waals surface area contributed by atoms with Crippen molar-refractivity contribution in [3.63, 3.8) is 0 Å². The third kappa shape index (κ3) is 6.56. The number of thioether (sulfide) groups is 1. The van der Waals surface area contributed by atoms with Crippen LogP contribution in [0.4, 0.5) is 5.69 Å². The second-order valence-corrected chi connectivity index (χ2v) is 7.32. The normalized spacial score (nSPS) is 11.6. The summed E-state index contributed by atoms with van der Waals surface area (Å²) in [4.78, 5) is 24.2. The highest BCUT2D eigenvalue weighted by atomic mass is 32.2. The van der Waals surface area contributed by atoms with Crippen LogP contribution >= 0.6 is 11.8 Å². The summed E-state index contributed by atoms with van der Waals surface area (Å²) < 4.78 is 5.17. The number of amides is 1. The minimum atomic E-state index is -0.330. The molecule has 4 nitrogen and oxygen atoms in total. The Balaban J connectivity index is 1.81. The molecule has 0 aliphatic carbocycles. The van der Waals surface area contributed by atoms with Crippen LogP contribution in [0.2, 0.25) is 0 Å². The molecule has 2 aromatic rings. The number of benzene rings is 2. The Morgan fingerprint density at radius 3 is 2.42 bits per heavy atom. The maximum atomic E-state index is 12.3. The average Bonchev–Trinajstić information content (AvgIpc) is 2.67. The molecule has 5 heteroatoms. The molecular weight excluding hydrogens is 346 g/mol. The van der Waals surface area contributed by atoms with E-state index in [4.69, 9.17) is 4.74 Å². The Morgan fingerprint density at radius 1 is 1.08 bits per heavy atom. The van der Waals surface area contributed by atoms with E-state index in [9.17, 15) is 9.59 Å². The Labute approximate surface area is 159 Å². The van der Waals surface area contributed by atoms with Crippen LogP contribution in [0, 0.1) is 0 Å². The molecule has 0 spiro atoms. The number of rotatable bonds is 9. The van der Waals surface area contributed by atoms with Gasteiger partial charge in [-0.2, -0.15) is 0 Å². The zero-order valence-corrected chi connectivity index (χ0v) is 16.1. The van der Waals surface area contributed by atoms with Crippen molar-refractivity contribution >= 4 is 29.3 Å². The molecule has 0 heterocycles. The predicted molar refractivity (Wildman–Crippen MR) is 107 cm³/mol. The van der Waals surface area contributed by atoms with Crippen LogP contribution in [-0.4, -0.2) is 23.7 Å². The van der Waals surface area contributed by atoms with Gasteiger partial charge in [-0.05, 0) is 43.2 Å². The maximum Gasteiger partial charge on any atom is 0.338 e. The van der Waals surface area contributed by atoms with E-state index in [0.29, 0.717) is 17.9 Å². The van der Waals surface area contributed by atoms with E-state index in [0.717, 1.165) is 18.6 Å². The lowest BCUT2D eigenvalue weighted by Gasteiger charge is -2.12. The highest BCUT2D eigenvalue weighted by Gasteiger charge is 2.14. The number of hydrogen-bond acceptors (Lipinski definition) is 4. The van der Waals surface area contributed by atoms with Crippen molar-refractivity contribution in [2.24, 2.45) is 0 Å². The average molecular weight is 372 g/mol. The quantitative estimate of drug-likeness (QED) is 0.503. The Kier molecular flexibility index (Phi) is 8.22. The Bertz CT molecular complexity index is 701. The van der Waals surface area contributed by atoms with Crippen molar-refractivity contribution in [3.8, 4) is 0 Å². The molecule has 2 rings (SSSR count). The molecule has 0 radical (unpaired) electrons. The minimum absolute atomic E-state index is 0.0517. The fourth-order valence-electron chi connectivity index (χ4n) is 2.20. The minimum Gasteiger partial charge on any atom is -0.462 e. The molecule has 0 saturated heterocycles. The zero-order chi connectivity index (χ0) is 18.8. The SMILES string of the molecule is CCCCOC(=O)c1ccc(NC(=O)[C@@H](C)SCc2ccccc2)cc1. The van der Waals surface area contributed by atoms with Crippen molar-refractivity contribution in [2.45, 2.75) is 37.7 Å². The van der Waals surface area contributed by atoms with Gasteiger partial charge in [0.25, 0.3) is 0 Å². The summed E-state index contributed by atoms with van der Waals surface area (Å²) in [6.07, 6.45) is 1.84. The number of ether oxygens (including phenoxy) is 1. The van der Waals surface area contributed by atoms with E-state index in [1.54, 1.807) is 36.0 Å². The van der Waals surface area contributed by atoms with Gasteiger partial charge in [0.15, 0.2) is 0 Å². The van der Waals surface area contributed by atoms with E-state index in [1.807, 2.05) is 32.0 Å². The molecule has 0 aliphatic rings. The van der Waals surface area contributed by atoms with Gasteiger partial charge in [0.05, 0.1) is 17.4 Å². The van der Waals surface area contributed by atoms with Crippen molar-refractivity contribution in [2.75, 3.05) is 11.9 Å². The van der Waals surface area contributed by atoms with Gasteiger partial charge in [0.2, 0.25) is 5.91 Å². The van der Waals surface area contributed by atoms with Crippen LogP contribution in [0.1, 0.15) is 42.6 Å². The topological polar surface area (TPSA) is 55.4 Å². The van der Waals surface area contributed by atoms with E-state index >= 15 is 0 Å². The first-order valence-corrected chi connectivity index (χ1v) is 9.88. The summed E-state index contributed by atoms with van der Waals surface area (Å²) in [5, 5.41) is 2.71. The first-order chi connectivity index (χ1) is 12.6. The summed E-state index contributed by atoms with van der Waals surface area (Å²) in [6.45, 7) is 4.37. The number of hydrogen-bond donors (Lipinski definition) is 1. The van der Waals surface area contributed by atoms with Crippen LogP contribution in [0.5, 0.6) is 0 Å². The molecule has 26 heavy (non-hydrogen) atoms. The van der Waals surface area contributed by atoms with Gasteiger partial charge in [0, 0.05) is 11.4 Å². The van der Waals surface area contributed by atoms with E-state index in [2.05, 4.69) is 17.4 Å². The van der Waals surface area contributed by atoms with Crippen LogP contribution in [0.15, 0.2) is 54.6 Å². The van der Waals surface area contributed by atoms with Gasteiger partial charge in [0.1, 0.15) is 0 Å². The number of esters is 1. The van der Waals surface area contributed by atoms with Crippen molar-refractivity contribution in [1.29, 1.82) is 0 Å². The zero-order valence-electron chi connectivity index (χ0n) is 15.2. The van der Waals surface area contributed by atoms with Crippen LogP contribution in [0.3, 0.4) is 0 Å². The molecule has 0 unspecified atom stereocenters. The van der Waals surface area contributed by atoms with Crippen LogP contribution < -0.4 is 5.32 Å². The molecule has 1 amide bonds. The maximum absolute atomic E-state index is 12.3. The van der Waals surface area contributed by atoms with Crippen molar-refractivity contribution in [3.05, 3.63) is 65.7 Å². The van der Waals surface area contributed by atoms with Gasteiger partial charge in [-0.3, -0.25) is 4.79 Å². The standard InChI is InChI=1S/C21H25NO3S/c1-3-4-14-25-21(24)18-10-12-19(13-11-18)22-20(23)16(2)26-15-17-8-6-5-7-9-17/h5-13,16H,3-4,14-15H2,1-2H3,(H,22,23)/t16-/m1/s1. The van der Waals surface area contributed by atoms with Gasteiger partial charge in [-0.1, -0.05) is 43.7 Å². The molecule has 0 fully saturated rings. The second-order valence-electron chi connectivity index (χ2n) is 5.99. The fraction of sp³-hybridized carbons (Fsp3) is 0.333. The predicted octanol–water partition coefficient (Wildman–Crippen LogP) is 4.90. The number of nitrogens with one attached hydrogen (secondary N) is 1. The second kappa shape index (κ2) is 10.7. The molecule has 138 valence electrons. The molecule has 0 aromatic heterocycles. The van der Waals surface area contributed by atoms with Crippen LogP contribution in [0.25, 0.3) is 0 Å². The molecule has 1 atom stereocenters. The molecule has 0 aliphatic heterocycles. The smallest absolute Gasteiger partial charge is 0.338 e. The van der Waals surface area contributed by atoms with Crippen molar-refractivity contribution in [1.82, 2.24) is 0 Å². The highest BCUT2D eigenvalue weighted by Crippen LogP contribution is 2.19. The molecule has 1 N–H and O–H groups in total. The first-order valence-electron chi connectivity index (χ1n) is 8.83. The summed E-state index contributed by atoms with van der Waals surface area (Å²) >= 11 is 1.59. The number of unbranched alkanes of at least 4 members (excludes halogenated alkanes) is 1. The third-order valence-corrected chi connectivity index (χ3v) is 5.05. The summed E-state index contributed by atoms with van der Waals surface area (Å²) in [5.41, 5.74) is 2.36. The van der Waals surface area contributed by atoms with Crippen LogP contribution in [-0.2, 0) is 15.3 Å². The summed E-state index contributed by atoms with van der Waals surface area (Å²) in [6, 6.07) is 16.9. The molecule has 2 aromatic carbocycles. The summed E-state index contributed by atoms with van der Waals surface area (Å²) in [7, 11) is 0. The number of anilines is 1. The fourth-order valence-corrected chi connectivity index (χ4v) is 3.04. The van der Waals surface area contributed by atoms with Gasteiger partial charge >= 0.3 is 5.97 Å². The lowest BCUT2D eigenvalue weighted by molar-refractivity contribution is -0.115. The molecule has 0 saturated carbocycles. The lowest BCUT2D eigenvalue weighted by Crippen LogP contribution is -2.22.